The smallest absolute Gasteiger partial charge is 0.411 e. The second kappa shape index (κ2) is 9.88. The predicted octanol–water partition coefficient (Wildman–Crippen LogP) is 5.58. The van der Waals surface area contributed by atoms with E-state index in [0.29, 0.717) is 5.57 Å². The van der Waals surface area contributed by atoms with E-state index < -0.39 is 26.1 Å². The number of hydrogen-bond acceptors (Lipinski definition) is 4. The van der Waals surface area contributed by atoms with Gasteiger partial charge in [0, 0.05) is 0 Å². The lowest BCUT2D eigenvalue weighted by atomic mass is 10.0. The fourth-order valence-electron chi connectivity index (χ4n) is 2.01. The molecular formula is C22H41NO4Si. The van der Waals surface area contributed by atoms with Gasteiger partial charge in [-0.05, 0) is 50.4 Å². The lowest BCUT2D eigenvalue weighted by Crippen LogP contribution is -2.50. The van der Waals surface area contributed by atoms with E-state index in [4.69, 9.17) is 9.16 Å². The number of rotatable bonds is 9. The van der Waals surface area contributed by atoms with E-state index in [1.807, 2.05) is 13.8 Å². The van der Waals surface area contributed by atoms with Gasteiger partial charge in [0.15, 0.2) is 14.1 Å². The zero-order valence-electron chi connectivity index (χ0n) is 19.6. The maximum atomic E-state index is 12.8. The van der Waals surface area contributed by atoms with Gasteiger partial charge in [-0.2, -0.15) is 0 Å². The molecule has 0 spiro atoms. The van der Waals surface area contributed by atoms with E-state index in [1.165, 1.54) is 4.90 Å². The molecule has 28 heavy (non-hydrogen) atoms. The third-order valence-corrected chi connectivity index (χ3v) is 9.59. The first-order chi connectivity index (χ1) is 12.4. The molecule has 0 heterocycles. The van der Waals surface area contributed by atoms with Crippen LogP contribution in [0.25, 0.3) is 0 Å². The number of nitrogens with zero attached hydrogens (tertiary/aromatic N) is 1. The van der Waals surface area contributed by atoms with E-state index in [1.54, 1.807) is 26.8 Å². The molecule has 0 aliphatic carbocycles. The minimum absolute atomic E-state index is 0.0126. The van der Waals surface area contributed by atoms with Gasteiger partial charge < -0.3 is 9.16 Å². The number of Topliss-reactive ketones (excluding diaryl/α,β-unsaturated/α-hetero) is 1. The first kappa shape index (κ1) is 26.6. The number of carbonyl (C=O) groups excluding carboxylic acids is 2. The van der Waals surface area contributed by atoms with Crippen molar-refractivity contribution in [2.45, 2.75) is 85.2 Å². The molecule has 0 radical (unpaired) electrons. The molecule has 0 saturated heterocycles. The molecule has 0 N–H and O–H groups in total. The Labute approximate surface area is 173 Å². The quantitative estimate of drug-likeness (QED) is 0.282. The zero-order valence-corrected chi connectivity index (χ0v) is 20.6. The first-order valence-corrected chi connectivity index (χ1v) is 12.8. The molecule has 6 heteroatoms. The fourth-order valence-corrected chi connectivity index (χ4v) is 3.03. The van der Waals surface area contributed by atoms with E-state index >= 15 is 0 Å². The Morgan fingerprint density at radius 3 is 1.96 bits per heavy atom. The van der Waals surface area contributed by atoms with Crippen LogP contribution in [-0.2, 0) is 14.0 Å². The van der Waals surface area contributed by atoms with E-state index in [2.05, 4.69) is 47.0 Å². The molecule has 0 aliphatic rings. The number of carbonyl (C=O) groups is 2. The van der Waals surface area contributed by atoms with Crippen molar-refractivity contribution in [1.82, 2.24) is 4.90 Å². The largest absolute Gasteiger partial charge is 0.444 e. The van der Waals surface area contributed by atoms with Crippen molar-refractivity contribution in [2.24, 2.45) is 5.92 Å². The summed E-state index contributed by atoms with van der Waals surface area (Å²) in [6, 6.07) is -0.465. The molecule has 5 nitrogen and oxygen atoms in total. The van der Waals surface area contributed by atoms with Gasteiger partial charge in [0.1, 0.15) is 5.60 Å². The van der Waals surface area contributed by atoms with Gasteiger partial charge in [0.25, 0.3) is 0 Å². The fraction of sp³-hybridized carbons (Fsp3) is 0.727. The normalized spacial score (nSPS) is 13.8. The maximum Gasteiger partial charge on any atom is 0.411 e. The minimum Gasteiger partial charge on any atom is -0.444 e. The summed E-state index contributed by atoms with van der Waals surface area (Å²) in [5.41, 5.74) is -0.180. The number of amides is 1. The van der Waals surface area contributed by atoms with Crippen molar-refractivity contribution in [1.29, 1.82) is 0 Å². The third-order valence-electron chi connectivity index (χ3n) is 5.09. The molecule has 0 aromatic rings. The highest BCUT2D eigenvalue weighted by Crippen LogP contribution is 2.36. The summed E-state index contributed by atoms with van der Waals surface area (Å²) >= 11 is 0. The van der Waals surface area contributed by atoms with Crippen LogP contribution in [0.4, 0.5) is 4.79 Å². The maximum absolute atomic E-state index is 12.8. The highest BCUT2D eigenvalue weighted by Gasteiger charge is 2.38. The second-order valence-electron chi connectivity index (χ2n) is 10.1. The Kier molecular flexibility index (Phi) is 9.38. The van der Waals surface area contributed by atoms with Crippen molar-refractivity contribution in [3.05, 3.63) is 24.8 Å². The zero-order chi connectivity index (χ0) is 22.5. The van der Waals surface area contributed by atoms with Crippen molar-refractivity contribution in [2.75, 3.05) is 13.2 Å². The van der Waals surface area contributed by atoms with Crippen LogP contribution >= 0.6 is 0 Å². The van der Waals surface area contributed by atoms with Gasteiger partial charge in [-0.25, -0.2) is 4.79 Å². The Bertz CT molecular complexity index is 582. The SMILES string of the molecule is C=C[C@@H](CO[Si](C)(C)C(C)(C)C)N(CC(=O)C(=C)C(C)C)C(=O)OC(C)(C)C. The third kappa shape index (κ3) is 8.31. The molecule has 0 saturated carbocycles. The molecule has 0 aromatic carbocycles. The topological polar surface area (TPSA) is 55.8 Å². The Balaban J connectivity index is 5.60. The number of ketones is 1. The summed E-state index contributed by atoms with van der Waals surface area (Å²) in [5, 5.41) is 0.0389. The first-order valence-electron chi connectivity index (χ1n) is 9.91. The summed E-state index contributed by atoms with van der Waals surface area (Å²) in [6.45, 7) is 27.9. The molecular weight excluding hydrogens is 370 g/mol. The highest BCUT2D eigenvalue weighted by atomic mass is 28.4. The van der Waals surface area contributed by atoms with E-state index in [9.17, 15) is 9.59 Å². The summed E-state index contributed by atoms with van der Waals surface area (Å²) in [7, 11) is -2.02. The molecule has 1 atom stereocenters. The molecule has 0 bridgehead atoms. The predicted molar refractivity (Wildman–Crippen MR) is 119 cm³/mol. The van der Waals surface area contributed by atoms with Crippen LogP contribution < -0.4 is 0 Å². The second-order valence-corrected chi connectivity index (χ2v) is 14.9. The van der Waals surface area contributed by atoms with Gasteiger partial charge >= 0.3 is 6.09 Å². The van der Waals surface area contributed by atoms with Crippen LogP contribution in [0.2, 0.25) is 18.1 Å². The van der Waals surface area contributed by atoms with Crippen molar-refractivity contribution >= 4 is 20.2 Å². The van der Waals surface area contributed by atoms with E-state index in [0.717, 1.165) is 0 Å². The molecule has 0 fully saturated rings. The lowest BCUT2D eigenvalue weighted by Gasteiger charge is -2.39. The van der Waals surface area contributed by atoms with Crippen LogP contribution in [0.15, 0.2) is 24.8 Å². The van der Waals surface area contributed by atoms with Crippen LogP contribution in [0.1, 0.15) is 55.4 Å². The van der Waals surface area contributed by atoms with Gasteiger partial charge in [-0.15, -0.1) is 6.58 Å². The van der Waals surface area contributed by atoms with Gasteiger partial charge in [0.2, 0.25) is 0 Å². The average molecular weight is 412 g/mol. The average Bonchev–Trinajstić information content (AvgIpc) is 2.50. The van der Waals surface area contributed by atoms with Gasteiger partial charge in [0.05, 0.1) is 19.2 Å². The Morgan fingerprint density at radius 2 is 1.61 bits per heavy atom. The molecule has 0 unspecified atom stereocenters. The number of ether oxygens (including phenoxy) is 1. The highest BCUT2D eigenvalue weighted by molar-refractivity contribution is 6.74. The lowest BCUT2D eigenvalue weighted by molar-refractivity contribution is -0.117. The summed E-state index contributed by atoms with van der Waals surface area (Å²) in [5.74, 6) is -0.168. The molecule has 162 valence electrons. The summed E-state index contributed by atoms with van der Waals surface area (Å²) < 4.78 is 11.8. The van der Waals surface area contributed by atoms with Crippen LogP contribution in [0.3, 0.4) is 0 Å². The van der Waals surface area contributed by atoms with E-state index in [-0.39, 0.29) is 29.9 Å². The van der Waals surface area contributed by atoms with Crippen molar-refractivity contribution < 1.29 is 18.8 Å². The minimum atomic E-state index is -2.02. The van der Waals surface area contributed by atoms with Gasteiger partial charge in [-0.1, -0.05) is 47.3 Å². The van der Waals surface area contributed by atoms with Crippen LogP contribution in [0, 0.1) is 5.92 Å². The van der Waals surface area contributed by atoms with Gasteiger partial charge in [-0.3, -0.25) is 9.69 Å². The molecule has 0 aromatic heterocycles. The van der Waals surface area contributed by atoms with Crippen LogP contribution in [0.5, 0.6) is 0 Å². The number of hydrogen-bond donors (Lipinski definition) is 0. The standard InChI is InChI=1S/C22H41NO4Si/c1-13-18(15-26-28(11,12)22(8,9)10)23(20(25)27-21(5,6)7)14-19(24)17(4)16(2)3/h13,16,18H,1,4,14-15H2,2-3,5-12H3/t18-/m0/s1. The monoisotopic (exact) mass is 411 g/mol. The Morgan fingerprint density at radius 1 is 1.11 bits per heavy atom. The summed E-state index contributed by atoms with van der Waals surface area (Å²) in [4.78, 5) is 26.9. The van der Waals surface area contributed by atoms with Crippen molar-refractivity contribution in [3.63, 3.8) is 0 Å². The summed E-state index contributed by atoms with van der Waals surface area (Å²) in [6.07, 6.45) is 1.09. The molecule has 0 rings (SSSR count). The molecule has 0 aliphatic heterocycles. The Hall–Kier alpha value is -1.40. The van der Waals surface area contributed by atoms with Crippen molar-refractivity contribution in [3.8, 4) is 0 Å². The molecule has 1 amide bonds. The van der Waals surface area contributed by atoms with Crippen LogP contribution in [-0.4, -0.2) is 49.9 Å².